The van der Waals surface area contributed by atoms with Gasteiger partial charge in [-0.05, 0) is 30.2 Å². The van der Waals surface area contributed by atoms with Crippen molar-refractivity contribution in [2.45, 2.75) is 11.8 Å². The minimum atomic E-state index is 0.265. The minimum absolute atomic E-state index is 0.265. The van der Waals surface area contributed by atoms with Gasteiger partial charge in [0.05, 0.1) is 4.83 Å². The lowest BCUT2D eigenvalue weighted by Crippen LogP contribution is -1.92. The molecule has 16 heavy (non-hydrogen) atoms. The fourth-order valence-corrected chi connectivity index (χ4v) is 2.43. The maximum absolute atomic E-state index is 3.73. The fraction of sp³-hybridized carbons (Fsp3) is 0.143. The molecule has 0 nitrogen and oxygen atoms in total. The third-order valence-corrected chi connectivity index (χ3v) is 4.12. The van der Waals surface area contributed by atoms with Crippen molar-refractivity contribution >= 4 is 31.9 Å². The standard InChI is InChI=1S/C14H12Br2/c1-10-2-4-11(5-3-10)14(16)12-6-8-13(15)9-7-12/h2-9,14H,1H3. The van der Waals surface area contributed by atoms with Crippen molar-refractivity contribution in [2.24, 2.45) is 0 Å². The molecular weight excluding hydrogens is 328 g/mol. The third-order valence-electron chi connectivity index (χ3n) is 2.53. The zero-order valence-electron chi connectivity index (χ0n) is 8.95. The molecule has 0 fully saturated rings. The quantitative estimate of drug-likeness (QED) is 0.656. The summed E-state index contributed by atoms with van der Waals surface area (Å²) in [5.74, 6) is 0. The lowest BCUT2D eigenvalue weighted by atomic mass is 10.0. The van der Waals surface area contributed by atoms with E-state index in [4.69, 9.17) is 0 Å². The minimum Gasteiger partial charge on any atom is -0.0786 e. The molecule has 0 saturated carbocycles. The van der Waals surface area contributed by atoms with E-state index in [0.29, 0.717) is 0 Å². The Morgan fingerprint density at radius 1 is 0.812 bits per heavy atom. The molecule has 2 rings (SSSR count). The number of aryl methyl sites for hydroxylation is 1. The molecule has 0 aliphatic rings. The molecule has 0 radical (unpaired) electrons. The van der Waals surface area contributed by atoms with Gasteiger partial charge in [-0.15, -0.1) is 0 Å². The highest BCUT2D eigenvalue weighted by Crippen LogP contribution is 2.31. The molecule has 2 heteroatoms. The Morgan fingerprint density at radius 3 is 1.75 bits per heavy atom. The summed E-state index contributed by atoms with van der Waals surface area (Å²) in [6.45, 7) is 2.10. The molecule has 1 unspecified atom stereocenters. The second kappa shape index (κ2) is 5.15. The fourth-order valence-electron chi connectivity index (χ4n) is 1.56. The number of benzene rings is 2. The zero-order valence-corrected chi connectivity index (χ0v) is 12.1. The molecule has 0 saturated heterocycles. The van der Waals surface area contributed by atoms with E-state index < -0.39 is 0 Å². The van der Waals surface area contributed by atoms with Crippen LogP contribution in [0.2, 0.25) is 0 Å². The molecule has 0 heterocycles. The topological polar surface area (TPSA) is 0 Å². The van der Waals surface area contributed by atoms with Crippen LogP contribution in [-0.4, -0.2) is 0 Å². The number of rotatable bonds is 2. The summed E-state index contributed by atoms with van der Waals surface area (Å²) >= 11 is 7.17. The van der Waals surface area contributed by atoms with Crippen LogP contribution in [0.1, 0.15) is 21.5 Å². The van der Waals surface area contributed by atoms with Crippen molar-refractivity contribution in [3.8, 4) is 0 Å². The molecule has 0 spiro atoms. The maximum Gasteiger partial charge on any atom is 0.0644 e. The SMILES string of the molecule is Cc1ccc(C(Br)c2ccc(Br)cc2)cc1. The molecule has 0 aromatic heterocycles. The lowest BCUT2D eigenvalue weighted by molar-refractivity contribution is 1.17. The average Bonchev–Trinajstić information content (AvgIpc) is 2.30. The van der Waals surface area contributed by atoms with Gasteiger partial charge in [0.1, 0.15) is 0 Å². The van der Waals surface area contributed by atoms with E-state index in [-0.39, 0.29) is 4.83 Å². The molecule has 82 valence electrons. The van der Waals surface area contributed by atoms with Gasteiger partial charge in [-0.3, -0.25) is 0 Å². The van der Waals surface area contributed by atoms with Gasteiger partial charge < -0.3 is 0 Å². The van der Waals surface area contributed by atoms with Crippen molar-refractivity contribution in [2.75, 3.05) is 0 Å². The zero-order chi connectivity index (χ0) is 11.5. The molecule has 2 aromatic carbocycles. The second-order valence-electron chi connectivity index (χ2n) is 3.82. The molecule has 0 amide bonds. The van der Waals surface area contributed by atoms with Crippen molar-refractivity contribution in [3.05, 3.63) is 69.7 Å². The number of hydrogen-bond donors (Lipinski definition) is 0. The van der Waals surface area contributed by atoms with E-state index in [1.807, 2.05) is 0 Å². The highest BCUT2D eigenvalue weighted by Gasteiger charge is 2.09. The van der Waals surface area contributed by atoms with Crippen LogP contribution in [0.25, 0.3) is 0 Å². The molecule has 0 N–H and O–H groups in total. The lowest BCUT2D eigenvalue weighted by Gasteiger charge is -2.11. The Kier molecular flexibility index (Phi) is 3.82. The first kappa shape index (κ1) is 11.9. The maximum atomic E-state index is 3.73. The Hall–Kier alpha value is -0.600. The van der Waals surface area contributed by atoms with Gasteiger partial charge in [0.2, 0.25) is 0 Å². The van der Waals surface area contributed by atoms with Gasteiger partial charge in [0.15, 0.2) is 0 Å². The first-order valence-corrected chi connectivity index (χ1v) is 6.84. The molecule has 0 aliphatic heterocycles. The Morgan fingerprint density at radius 2 is 1.25 bits per heavy atom. The van der Waals surface area contributed by atoms with E-state index in [0.717, 1.165) is 4.47 Å². The number of hydrogen-bond acceptors (Lipinski definition) is 0. The van der Waals surface area contributed by atoms with Gasteiger partial charge in [0, 0.05) is 4.47 Å². The summed E-state index contributed by atoms with van der Waals surface area (Å²) in [5.41, 5.74) is 3.85. The van der Waals surface area contributed by atoms with Crippen LogP contribution in [-0.2, 0) is 0 Å². The van der Waals surface area contributed by atoms with Crippen LogP contribution < -0.4 is 0 Å². The summed E-state index contributed by atoms with van der Waals surface area (Å²) in [4.78, 5) is 0.265. The summed E-state index contributed by atoms with van der Waals surface area (Å²) in [5, 5.41) is 0. The summed E-state index contributed by atoms with van der Waals surface area (Å²) < 4.78 is 1.11. The summed E-state index contributed by atoms with van der Waals surface area (Å²) in [6, 6.07) is 17.0. The molecule has 1 atom stereocenters. The van der Waals surface area contributed by atoms with Gasteiger partial charge >= 0.3 is 0 Å². The molecular formula is C14H12Br2. The van der Waals surface area contributed by atoms with Crippen molar-refractivity contribution in [3.63, 3.8) is 0 Å². The summed E-state index contributed by atoms with van der Waals surface area (Å²) in [6.07, 6.45) is 0. The molecule has 0 aliphatic carbocycles. The normalized spacial score (nSPS) is 12.4. The monoisotopic (exact) mass is 338 g/mol. The van der Waals surface area contributed by atoms with Gasteiger partial charge in [-0.25, -0.2) is 0 Å². The highest BCUT2D eigenvalue weighted by molar-refractivity contribution is 9.10. The van der Waals surface area contributed by atoms with Crippen LogP contribution >= 0.6 is 31.9 Å². The Balaban J connectivity index is 2.28. The smallest absolute Gasteiger partial charge is 0.0644 e. The molecule has 2 aromatic rings. The predicted molar refractivity (Wildman–Crippen MR) is 76.1 cm³/mol. The number of halogens is 2. The number of alkyl halides is 1. The Labute approximate surface area is 113 Å². The average molecular weight is 340 g/mol. The van der Waals surface area contributed by atoms with Gasteiger partial charge in [-0.2, -0.15) is 0 Å². The third kappa shape index (κ3) is 2.74. The van der Waals surface area contributed by atoms with Crippen LogP contribution in [0, 0.1) is 6.92 Å². The van der Waals surface area contributed by atoms with E-state index in [9.17, 15) is 0 Å². The van der Waals surface area contributed by atoms with Crippen molar-refractivity contribution < 1.29 is 0 Å². The largest absolute Gasteiger partial charge is 0.0786 e. The molecule has 0 bridgehead atoms. The second-order valence-corrected chi connectivity index (χ2v) is 5.66. The van der Waals surface area contributed by atoms with E-state index in [1.165, 1.54) is 16.7 Å². The highest BCUT2D eigenvalue weighted by atomic mass is 79.9. The van der Waals surface area contributed by atoms with E-state index in [2.05, 4.69) is 87.3 Å². The van der Waals surface area contributed by atoms with Gasteiger partial charge in [0.25, 0.3) is 0 Å². The Bertz CT molecular complexity index is 412. The summed E-state index contributed by atoms with van der Waals surface area (Å²) in [7, 11) is 0. The van der Waals surface area contributed by atoms with Crippen LogP contribution in [0.15, 0.2) is 53.0 Å². The van der Waals surface area contributed by atoms with Gasteiger partial charge in [-0.1, -0.05) is 73.8 Å². The van der Waals surface area contributed by atoms with Crippen LogP contribution in [0.5, 0.6) is 0 Å². The van der Waals surface area contributed by atoms with E-state index >= 15 is 0 Å². The van der Waals surface area contributed by atoms with Crippen LogP contribution in [0.3, 0.4) is 0 Å². The van der Waals surface area contributed by atoms with Crippen molar-refractivity contribution in [1.29, 1.82) is 0 Å². The van der Waals surface area contributed by atoms with Crippen LogP contribution in [0.4, 0.5) is 0 Å². The predicted octanol–water partition coefficient (Wildman–Crippen LogP) is 5.24. The first-order valence-electron chi connectivity index (χ1n) is 5.13. The van der Waals surface area contributed by atoms with E-state index in [1.54, 1.807) is 0 Å². The van der Waals surface area contributed by atoms with Crippen molar-refractivity contribution in [1.82, 2.24) is 0 Å². The first-order chi connectivity index (χ1) is 7.66.